The molecule has 2 atom stereocenters. The van der Waals surface area contributed by atoms with Crippen molar-refractivity contribution in [2.24, 2.45) is 0 Å². The molecule has 31 heavy (non-hydrogen) atoms. The summed E-state index contributed by atoms with van der Waals surface area (Å²) >= 11 is 1.52. The maximum Gasteiger partial charge on any atom is 0.419 e. The molecule has 3 heterocycles. The number of rotatable bonds is 3. The zero-order valence-corrected chi connectivity index (χ0v) is 16.8. The number of nitrogens with zero attached hydrogens (tertiary/aromatic N) is 2. The van der Waals surface area contributed by atoms with Gasteiger partial charge in [-0.2, -0.15) is 13.2 Å². The minimum absolute atomic E-state index is 0.0340. The Balaban J connectivity index is 1.52. The number of pyridine rings is 1. The van der Waals surface area contributed by atoms with Gasteiger partial charge in [0.05, 0.1) is 23.8 Å². The van der Waals surface area contributed by atoms with Crippen LogP contribution in [0.4, 0.5) is 27.2 Å². The van der Waals surface area contributed by atoms with E-state index in [1.165, 1.54) is 18.3 Å². The van der Waals surface area contributed by atoms with Crippen LogP contribution in [0.2, 0.25) is 0 Å². The first kappa shape index (κ1) is 21.0. The number of ether oxygens (including phenoxy) is 1. The Bertz CT molecular complexity index is 1160. The first-order chi connectivity index (χ1) is 14.6. The standard InChI is InChI=1S/C20H15F4N3O3S/c1-10-17(11-6-12(20(22,23)24)8-13(21)7-11)30-19(29)27(10)18(28)26-9-15-14-3-5-31-16(14)2-4-25-15/h2-8,10,17H,9H2,1H3,(H,26,28)/t10-,17-/m0/s1. The van der Waals surface area contributed by atoms with Crippen LogP contribution < -0.4 is 5.32 Å². The molecule has 11 heteroatoms. The highest BCUT2D eigenvalue weighted by atomic mass is 32.1. The number of hydrogen-bond acceptors (Lipinski definition) is 5. The highest BCUT2D eigenvalue weighted by Crippen LogP contribution is 2.37. The second kappa shape index (κ2) is 7.80. The quantitative estimate of drug-likeness (QED) is 0.550. The SMILES string of the molecule is C[C@H]1[C@@H](c2cc(F)cc(C(F)(F)F)c2)OC(=O)N1C(=O)NCc1nccc2sccc12. The summed E-state index contributed by atoms with van der Waals surface area (Å²) in [5.74, 6) is -1.12. The van der Waals surface area contributed by atoms with E-state index >= 15 is 0 Å². The van der Waals surface area contributed by atoms with Gasteiger partial charge in [0.2, 0.25) is 0 Å². The van der Waals surface area contributed by atoms with Crippen LogP contribution in [0.5, 0.6) is 0 Å². The average Bonchev–Trinajstić information content (AvgIpc) is 3.29. The Morgan fingerprint density at radius 1 is 1.29 bits per heavy atom. The number of urea groups is 1. The molecule has 1 aliphatic rings. The summed E-state index contributed by atoms with van der Waals surface area (Å²) in [4.78, 5) is 29.9. The van der Waals surface area contributed by atoms with Gasteiger partial charge in [-0.3, -0.25) is 4.98 Å². The Morgan fingerprint density at radius 2 is 2.06 bits per heavy atom. The number of carbonyl (C=O) groups excluding carboxylic acids is 2. The van der Waals surface area contributed by atoms with Crippen LogP contribution in [0, 0.1) is 5.82 Å². The molecule has 1 saturated heterocycles. The summed E-state index contributed by atoms with van der Waals surface area (Å²) in [5, 5.41) is 5.33. The maximum atomic E-state index is 13.8. The number of carbonyl (C=O) groups is 2. The highest BCUT2D eigenvalue weighted by Gasteiger charge is 2.44. The molecule has 0 unspecified atom stereocenters. The Labute approximate surface area is 177 Å². The van der Waals surface area contributed by atoms with E-state index in [0.29, 0.717) is 17.8 Å². The number of benzene rings is 1. The van der Waals surface area contributed by atoms with Gasteiger partial charge < -0.3 is 10.1 Å². The van der Waals surface area contributed by atoms with Crippen molar-refractivity contribution in [2.45, 2.75) is 31.8 Å². The predicted molar refractivity (Wildman–Crippen MR) is 104 cm³/mol. The largest absolute Gasteiger partial charge is 0.439 e. The van der Waals surface area contributed by atoms with Crippen molar-refractivity contribution in [3.63, 3.8) is 0 Å². The molecule has 1 aromatic carbocycles. The van der Waals surface area contributed by atoms with E-state index < -0.39 is 41.8 Å². The van der Waals surface area contributed by atoms with E-state index in [0.717, 1.165) is 21.1 Å². The number of fused-ring (bicyclic) bond motifs is 1. The Hall–Kier alpha value is -3.21. The lowest BCUT2D eigenvalue weighted by Gasteiger charge is -2.20. The normalized spacial score (nSPS) is 19.0. The maximum absolute atomic E-state index is 13.8. The third-order valence-corrected chi connectivity index (χ3v) is 5.82. The lowest BCUT2D eigenvalue weighted by Crippen LogP contribution is -2.44. The van der Waals surface area contributed by atoms with Crippen LogP contribution in [0.15, 0.2) is 41.9 Å². The molecule has 2 aromatic heterocycles. The van der Waals surface area contributed by atoms with Gasteiger partial charge in [0, 0.05) is 16.3 Å². The number of aromatic nitrogens is 1. The van der Waals surface area contributed by atoms with Gasteiger partial charge in [-0.1, -0.05) is 0 Å². The smallest absolute Gasteiger partial charge is 0.419 e. The summed E-state index contributed by atoms with van der Waals surface area (Å²) in [6, 6.07) is 3.87. The van der Waals surface area contributed by atoms with Gasteiger partial charge in [0.15, 0.2) is 0 Å². The number of halogens is 4. The average molecular weight is 453 g/mol. The second-order valence-electron chi connectivity index (χ2n) is 6.93. The first-order valence-corrected chi connectivity index (χ1v) is 9.99. The molecule has 6 nitrogen and oxygen atoms in total. The van der Waals surface area contributed by atoms with Crippen LogP contribution in [-0.4, -0.2) is 28.1 Å². The monoisotopic (exact) mass is 453 g/mol. The van der Waals surface area contributed by atoms with Crippen molar-refractivity contribution in [3.8, 4) is 0 Å². The summed E-state index contributed by atoms with van der Waals surface area (Å²) in [6.07, 6.45) is -5.44. The number of nitrogens with one attached hydrogen (secondary N) is 1. The van der Waals surface area contributed by atoms with E-state index in [2.05, 4.69) is 10.3 Å². The lowest BCUT2D eigenvalue weighted by atomic mass is 10.0. The molecule has 162 valence electrons. The minimum atomic E-state index is -4.77. The zero-order chi connectivity index (χ0) is 22.3. The van der Waals surface area contributed by atoms with Gasteiger partial charge in [-0.05, 0) is 48.2 Å². The number of thiophene rings is 1. The molecule has 0 aliphatic carbocycles. The van der Waals surface area contributed by atoms with Crippen LogP contribution >= 0.6 is 11.3 Å². The lowest BCUT2D eigenvalue weighted by molar-refractivity contribution is -0.137. The molecule has 1 fully saturated rings. The summed E-state index contributed by atoms with van der Waals surface area (Å²) in [6.45, 7) is 1.47. The van der Waals surface area contributed by atoms with Crippen molar-refractivity contribution in [3.05, 3.63) is 64.5 Å². The number of amides is 3. The fourth-order valence-electron chi connectivity index (χ4n) is 3.46. The molecule has 0 saturated carbocycles. The van der Waals surface area contributed by atoms with Crippen molar-refractivity contribution in [1.82, 2.24) is 15.2 Å². The number of hydrogen-bond donors (Lipinski definition) is 1. The first-order valence-electron chi connectivity index (χ1n) is 9.11. The van der Waals surface area contributed by atoms with Gasteiger partial charge in [-0.25, -0.2) is 18.9 Å². The van der Waals surface area contributed by atoms with Crippen LogP contribution in [0.3, 0.4) is 0 Å². The van der Waals surface area contributed by atoms with Crippen molar-refractivity contribution < 1.29 is 31.9 Å². The highest BCUT2D eigenvalue weighted by molar-refractivity contribution is 7.17. The van der Waals surface area contributed by atoms with Gasteiger partial charge in [0.1, 0.15) is 11.9 Å². The second-order valence-corrected chi connectivity index (χ2v) is 7.88. The van der Waals surface area contributed by atoms with E-state index in [4.69, 9.17) is 4.74 Å². The molecule has 0 radical (unpaired) electrons. The van der Waals surface area contributed by atoms with E-state index in [9.17, 15) is 27.2 Å². The molecule has 1 aliphatic heterocycles. The zero-order valence-electron chi connectivity index (χ0n) is 15.9. The molecule has 4 rings (SSSR count). The van der Waals surface area contributed by atoms with Crippen LogP contribution in [0.25, 0.3) is 10.1 Å². The summed E-state index contributed by atoms with van der Waals surface area (Å²) < 4.78 is 58.9. The Morgan fingerprint density at radius 3 is 2.81 bits per heavy atom. The third-order valence-electron chi connectivity index (χ3n) is 4.93. The molecule has 3 amide bonds. The molecule has 3 aromatic rings. The van der Waals surface area contributed by atoms with Gasteiger partial charge >= 0.3 is 18.3 Å². The van der Waals surface area contributed by atoms with Gasteiger partial charge in [0.25, 0.3) is 0 Å². The molecule has 1 N–H and O–H groups in total. The fraction of sp³-hybridized carbons (Fsp3) is 0.250. The molecule has 0 bridgehead atoms. The van der Waals surface area contributed by atoms with Crippen LogP contribution in [0.1, 0.15) is 29.8 Å². The van der Waals surface area contributed by atoms with Gasteiger partial charge in [-0.15, -0.1) is 11.3 Å². The van der Waals surface area contributed by atoms with Crippen LogP contribution in [-0.2, 0) is 17.5 Å². The predicted octanol–water partition coefficient (Wildman–Crippen LogP) is 5.25. The topological polar surface area (TPSA) is 71.5 Å². The summed E-state index contributed by atoms with van der Waals surface area (Å²) in [5.41, 5.74) is -0.791. The molecular weight excluding hydrogens is 438 g/mol. The molecule has 0 spiro atoms. The number of alkyl halides is 3. The number of imide groups is 1. The Kier molecular flexibility index (Phi) is 5.29. The molecular formula is C20H15F4N3O3S. The van der Waals surface area contributed by atoms with E-state index in [1.807, 2.05) is 17.5 Å². The van der Waals surface area contributed by atoms with Crippen molar-refractivity contribution in [1.29, 1.82) is 0 Å². The van der Waals surface area contributed by atoms with E-state index in [-0.39, 0.29) is 12.1 Å². The third kappa shape index (κ3) is 4.05. The summed E-state index contributed by atoms with van der Waals surface area (Å²) in [7, 11) is 0. The van der Waals surface area contributed by atoms with Crippen molar-refractivity contribution in [2.75, 3.05) is 0 Å². The fourth-order valence-corrected chi connectivity index (χ4v) is 4.26. The minimum Gasteiger partial charge on any atom is -0.439 e. The van der Waals surface area contributed by atoms with Crippen molar-refractivity contribution >= 4 is 33.5 Å². The van der Waals surface area contributed by atoms with E-state index in [1.54, 1.807) is 6.20 Å². The number of cyclic esters (lactones) is 1.